The Balaban J connectivity index is 1.18. The van der Waals surface area contributed by atoms with E-state index in [4.69, 9.17) is 0 Å². The van der Waals surface area contributed by atoms with Crippen molar-refractivity contribution in [2.45, 2.75) is 47.3 Å². The van der Waals surface area contributed by atoms with Crippen molar-refractivity contribution in [3.05, 3.63) is 287 Å². The molecule has 0 heterocycles. The van der Waals surface area contributed by atoms with Gasteiger partial charge in [-0.2, -0.15) is 0 Å². The molecular formula is C62H54. The van der Waals surface area contributed by atoms with Crippen LogP contribution in [0, 0.1) is 35.5 Å². The highest BCUT2D eigenvalue weighted by atomic mass is 14.8. The van der Waals surface area contributed by atoms with Gasteiger partial charge in [0, 0.05) is 0 Å². The monoisotopic (exact) mass is 798 g/mol. The molecule has 0 saturated heterocycles. The second kappa shape index (κ2) is 15.9. The van der Waals surface area contributed by atoms with E-state index in [9.17, 15) is 0 Å². The standard InChI is InChI=1S/C62H54/c1-9-25-41(26-10-1)49-51(43-29-13-3-14-30-43)57-55(47-37-21-7-22-38-47)62-60-54(46-35-19-6-20-36-46)50(42-27-11-2-12-28-42)52(44-31-15-4-16-32-44)58(60)56(48-39-23-8-24-40-48)61(62)59(57)53(49)45-33-17-5-18-34-45/h1-40,49-62H. The molecular weight excluding hydrogens is 745 g/mol. The zero-order valence-electron chi connectivity index (χ0n) is 35.2. The molecule has 4 aliphatic carbocycles. The molecule has 0 radical (unpaired) electrons. The molecule has 12 rings (SSSR count). The smallest absolute Gasteiger partial charge is 0.00184 e. The number of rotatable bonds is 8. The van der Waals surface area contributed by atoms with E-state index in [0.717, 1.165) is 0 Å². The molecule has 4 aliphatic rings. The van der Waals surface area contributed by atoms with Crippen LogP contribution < -0.4 is 0 Å². The Bertz CT molecular complexity index is 2490. The summed E-state index contributed by atoms with van der Waals surface area (Å²) >= 11 is 0. The van der Waals surface area contributed by atoms with Crippen molar-refractivity contribution in [2.24, 2.45) is 35.5 Å². The van der Waals surface area contributed by atoms with Crippen molar-refractivity contribution >= 4 is 0 Å². The van der Waals surface area contributed by atoms with Gasteiger partial charge in [-0.05, 0) is 127 Å². The van der Waals surface area contributed by atoms with Gasteiger partial charge in [-0.1, -0.05) is 243 Å². The Morgan fingerprint density at radius 2 is 0.274 bits per heavy atom. The molecule has 0 heteroatoms. The highest BCUT2D eigenvalue weighted by Gasteiger charge is 2.74. The van der Waals surface area contributed by atoms with E-state index in [1.807, 2.05) is 0 Å². The van der Waals surface area contributed by atoms with Crippen LogP contribution >= 0.6 is 0 Å². The summed E-state index contributed by atoms with van der Waals surface area (Å²) in [6.45, 7) is 0. The van der Waals surface area contributed by atoms with Crippen LogP contribution in [0.4, 0.5) is 0 Å². The van der Waals surface area contributed by atoms with Gasteiger partial charge in [0.15, 0.2) is 0 Å². The number of benzene rings is 8. The Hall–Kier alpha value is -6.24. The van der Waals surface area contributed by atoms with Crippen molar-refractivity contribution in [1.29, 1.82) is 0 Å². The Morgan fingerprint density at radius 3 is 0.484 bits per heavy atom. The van der Waals surface area contributed by atoms with E-state index in [1.54, 1.807) is 0 Å². The third-order valence-electron chi connectivity index (χ3n) is 16.6. The van der Waals surface area contributed by atoms with E-state index in [1.165, 1.54) is 44.5 Å². The number of hydrogen-bond donors (Lipinski definition) is 0. The zero-order chi connectivity index (χ0) is 41.0. The predicted molar refractivity (Wildman–Crippen MR) is 254 cm³/mol. The molecule has 0 aliphatic heterocycles. The molecule has 8 aromatic carbocycles. The summed E-state index contributed by atoms with van der Waals surface area (Å²) in [5.74, 6) is 5.62. The van der Waals surface area contributed by atoms with Gasteiger partial charge in [0.1, 0.15) is 0 Å². The quantitative estimate of drug-likeness (QED) is 0.144. The lowest BCUT2D eigenvalue weighted by atomic mass is 9.64. The van der Waals surface area contributed by atoms with Crippen molar-refractivity contribution in [3.8, 4) is 0 Å². The third kappa shape index (κ3) is 6.01. The summed E-state index contributed by atoms with van der Waals surface area (Å²) < 4.78 is 0. The average molecular weight is 799 g/mol. The van der Waals surface area contributed by atoms with Gasteiger partial charge in [0.05, 0.1) is 0 Å². The maximum absolute atomic E-state index is 2.51. The Kier molecular flexibility index (Phi) is 9.62. The van der Waals surface area contributed by atoms with E-state index in [0.29, 0.717) is 82.9 Å². The molecule has 8 aromatic rings. The van der Waals surface area contributed by atoms with Crippen molar-refractivity contribution < 1.29 is 0 Å². The van der Waals surface area contributed by atoms with Crippen LogP contribution in [0.5, 0.6) is 0 Å². The van der Waals surface area contributed by atoms with Gasteiger partial charge in [0.25, 0.3) is 0 Å². The first-order valence-electron chi connectivity index (χ1n) is 23.3. The van der Waals surface area contributed by atoms with Crippen molar-refractivity contribution in [2.75, 3.05) is 0 Å². The van der Waals surface area contributed by atoms with Gasteiger partial charge < -0.3 is 0 Å². The summed E-state index contributed by atoms with van der Waals surface area (Å²) in [5, 5.41) is 0. The second-order valence-corrected chi connectivity index (χ2v) is 19.0. The fraction of sp³-hybridized carbons (Fsp3) is 0.226. The van der Waals surface area contributed by atoms with Gasteiger partial charge in [-0.15, -0.1) is 0 Å². The molecule has 0 spiro atoms. The zero-order valence-corrected chi connectivity index (χ0v) is 35.2. The lowest BCUT2D eigenvalue weighted by molar-refractivity contribution is 0.237. The van der Waals surface area contributed by atoms with Gasteiger partial charge >= 0.3 is 0 Å². The van der Waals surface area contributed by atoms with E-state index < -0.39 is 0 Å². The maximum atomic E-state index is 2.51. The Morgan fingerprint density at radius 1 is 0.129 bits per heavy atom. The van der Waals surface area contributed by atoms with Crippen molar-refractivity contribution in [3.63, 3.8) is 0 Å². The maximum Gasteiger partial charge on any atom is -0.00184 e. The molecule has 0 N–H and O–H groups in total. The topological polar surface area (TPSA) is 0 Å². The molecule has 4 saturated carbocycles. The van der Waals surface area contributed by atoms with Crippen LogP contribution in [0.2, 0.25) is 0 Å². The predicted octanol–water partition coefficient (Wildman–Crippen LogP) is 15.0. The van der Waals surface area contributed by atoms with Crippen LogP contribution in [0.25, 0.3) is 0 Å². The number of fused-ring (bicyclic) bond motifs is 5. The van der Waals surface area contributed by atoms with Crippen LogP contribution in [0.15, 0.2) is 243 Å². The molecule has 0 nitrogen and oxygen atoms in total. The first-order chi connectivity index (χ1) is 30.9. The lowest BCUT2D eigenvalue weighted by Gasteiger charge is -2.39. The fourth-order valence-electron chi connectivity index (χ4n) is 15.1. The van der Waals surface area contributed by atoms with Gasteiger partial charge in [-0.25, -0.2) is 0 Å². The molecule has 302 valence electrons. The van der Waals surface area contributed by atoms with Crippen LogP contribution in [0.1, 0.15) is 91.9 Å². The minimum absolute atomic E-state index is 0.340. The summed E-state index contributed by atoms with van der Waals surface area (Å²) in [6.07, 6.45) is 0. The molecule has 4 fully saturated rings. The summed E-state index contributed by atoms with van der Waals surface area (Å²) in [5.41, 5.74) is 12.1. The number of hydrogen-bond acceptors (Lipinski definition) is 0. The van der Waals surface area contributed by atoms with E-state index in [2.05, 4.69) is 243 Å². The molecule has 0 amide bonds. The highest BCUT2D eigenvalue weighted by molar-refractivity contribution is 5.49. The van der Waals surface area contributed by atoms with Crippen LogP contribution in [-0.2, 0) is 0 Å². The SMILES string of the molecule is c1ccc(C2C(c3ccccc3)C3C(c4ccccc4)C4C5C(c6ccccc6)C(c6ccccc6)C(c6ccccc6)C5C(c5ccccc5)C4C3C2c2ccccc2)cc1. The second-order valence-electron chi connectivity index (χ2n) is 19.0. The Labute approximate surface area is 368 Å². The summed E-state index contributed by atoms with van der Waals surface area (Å²) in [6, 6.07) is 94.3. The normalized spacial score (nSPS) is 31.9. The largest absolute Gasteiger partial charge is 0.0622 e. The first-order valence-corrected chi connectivity index (χ1v) is 23.3. The highest BCUT2D eigenvalue weighted by Crippen LogP contribution is 2.82. The van der Waals surface area contributed by atoms with Crippen molar-refractivity contribution in [1.82, 2.24) is 0 Å². The first kappa shape index (κ1) is 37.5. The molecule has 0 bridgehead atoms. The minimum Gasteiger partial charge on any atom is -0.0622 e. The molecule has 14 unspecified atom stereocenters. The van der Waals surface area contributed by atoms with Crippen LogP contribution in [0.3, 0.4) is 0 Å². The lowest BCUT2D eigenvalue weighted by Crippen LogP contribution is -2.29. The molecule has 0 aromatic heterocycles. The van der Waals surface area contributed by atoms with E-state index in [-0.39, 0.29) is 0 Å². The van der Waals surface area contributed by atoms with Gasteiger partial charge in [0.2, 0.25) is 0 Å². The summed E-state index contributed by atoms with van der Waals surface area (Å²) in [7, 11) is 0. The molecule has 14 atom stereocenters. The fourth-order valence-corrected chi connectivity index (χ4v) is 15.1. The van der Waals surface area contributed by atoms with E-state index >= 15 is 0 Å². The van der Waals surface area contributed by atoms with Crippen LogP contribution in [-0.4, -0.2) is 0 Å². The van der Waals surface area contributed by atoms with Gasteiger partial charge in [-0.3, -0.25) is 0 Å². The third-order valence-corrected chi connectivity index (χ3v) is 16.6. The minimum atomic E-state index is 0.340. The summed E-state index contributed by atoms with van der Waals surface area (Å²) in [4.78, 5) is 0. The molecule has 62 heavy (non-hydrogen) atoms. The average Bonchev–Trinajstić information content (AvgIpc) is 4.08.